The molecule has 14 heavy (non-hydrogen) atoms. The Balaban J connectivity index is 2.59. The van der Waals surface area contributed by atoms with Crippen LogP contribution in [0.1, 0.15) is 17.3 Å². The maximum atomic E-state index is 11.1. The van der Waals surface area contributed by atoms with E-state index < -0.39 is 0 Å². The molecule has 4 nitrogen and oxygen atoms in total. The summed E-state index contributed by atoms with van der Waals surface area (Å²) < 4.78 is 10.0. The Labute approximate surface area is 80.5 Å². The number of aromatic nitrogens is 1. The fraction of sp³-hybridized carbons (Fsp3) is 0.200. The van der Waals surface area contributed by atoms with E-state index in [1.54, 1.807) is 18.2 Å². The van der Waals surface area contributed by atoms with Crippen molar-refractivity contribution in [3.63, 3.8) is 0 Å². The number of hydrogen-bond acceptors (Lipinski definition) is 4. The second-order valence-corrected chi connectivity index (χ2v) is 2.92. The molecule has 0 N–H and O–H groups in total. The van der Waals surface area contributed by atoms with Crippen LogP contribution in [0.2, 0.25) is 0 Å². The standard InChI is InChI=1S/C10H9NO3/c1-6(12)7-3-4-9-8(5-7)11-10(13-2)14-9/h3-5H,1-2H3. The molecule has 0 unspecified atom stereocenters. The summed E-state index contributed by atoms with van der Waals surface area (Å²) in [5.74, 6) is 0.00821. The van der Waals surface area contributed by atoms with E-state index in [9.17, 15) is 4.79 Å². The third kappa shape index (κ3) is 1.35. The molecule has 0 aliphatic rings. The van der Waals surface area contributed by atoms with Crippen LogP contribution in [-0.2, 0) is 0 Å². The number of ether oxygens (including phenoxy) is 1. The molecule has 2 aromatic rings. The first kappa shape index (κ1) is 8.74. The van der Waals surface area contributed by atoms with Crippen LogP contribution >= 0.6 is 0 Å². The molecule has 1 heterocycles. The Morgan fingerprint density at radius 3 is 2.93 bits per heavy atom. The van der Waals surface area contributed by atoms with Gasteiger partial charge < -0.3 is 9.15 Å². The van der Waals surface area contributed by atoms with Crippen molar-refractivity contribution in [2.45, 2.75) is 6.92 Å². The van der Waals surface area contributed by atoms with Crippen molar-refractivity contribution in [1.82, 2.24) is 4.98 Å². The Kier molecular flexibility index (Phi) is 1.96. The van der Waals surface area contributed by atoms with E-state index in [-0.39, 0.29) is 11.9 Å². The number of Topliss-reactive ketones (excluding diaryl/α,β-unsaturated/α-hetero) is 1. The lowest BCUT2D eigenvalue weighted by Gasteiger charge is -1.92. The van der Waals surface area contributed by atoms with Crippen LogP contribution in [0.15, 0.2) is 22.6 Å². The molecular weight excluding hydrogens is 182 g/mol. The summed E-state index contributed by atoms with van der Waals surface area (Å²) in [4.78, 5) is 15.1. The van der Waals surface area contributed by atoms with Crippen molar-refractivity contribution < 1.29 is 13.9 Å². The fourth-order valence-electron chi connectivity index (χ4n) is 1.21. The van der Waals surface area contributed by atoms with Gasteiger partial charge in [-0.2, -0.15) is 4.98 Å². The molecule has 0 bridgehead atoms. The van der Waals surface area contributed by atoms with Crippen LogP contribution in [0.3, 0.4) is 0 Å². The Morgan fingerprint density at radius 1 is 1.50 bits per heavy atom. The van der Waals surface area contributed by atoms with Crippen LogP contribution < -0.4 is 4.74 Å². The number of ketones is 1. The molecule has 1 aromatic heterocycles. The summed E-state index contributed by atoms with van der Waals surface area (Å²) in [5.41, 5.74) is 1.87. The van der Waals surface area contributed by atoms with Gasteiger partial charge in [0.25, 0.3) is 0 Å². The third-order valence-corrected chi connectivity index (χ3v) is 1.95. The Morgan fingerprint density at radius 2 is 2.29 bits per heavy atom. The lowest BCUT2D eigenvalue weighted by atomic mass is 10.1. The zero-order valence-corrected chi connectivity index (χ0v) is 7.90. The van der Waals surface area contributed by atoms with Crippen molar-refractivity contribution in [2.24, 2.45) is 0 Å². The van der Waals surface area contributed by atoms with Gasteiger partial charge in [0.05, 0.1) is 7.11 Å². The molecule has 0 fully saturated rings. The predicted molar refractivity (Wildman–Crippen MR) is 50.6 cm³/mol. The average Bonchev–Trinajstić information content (AvgIpc) is 2.58. The normalized spacial score (nSPS) is 10.4. The van der Waals surface area contributed by atoms with E-state index in [0.717, 1.165) is 0 Å². The van der Waals surface area contributed by atoms with Crippen molar-refractivity contribution >= 4 is 16.9 Å². The van der Waals surface area contributed by atoms with Crippen molar-refractivity contribution in [1.29, 1.82) is 0 Å². The topological polar surface area (TPSA) is 52.3 Å². The van der Waals surface area contributed by atoms with Crippen LogP contribution in [0.5, 0.6) is 6.08 Å². The maximum absolute atomic E-state index is 11.1. The molecule has 0 amide bonds. The summed E-state index contributed by atoms with van der Waals surface area (Å²) in [7, 11) is 1.48. The molecule has 0 saturated carbocycles. The minimum atomic E-state index is 0.00821. The number of carbonyl (C=O) groups excluding carboxylic acids is 1. The Bertz CT molecular complexity index is 487. The minimum absolute atomic E-state index is 0.00821. The van der Waals surface area contributed by atoms with Crippen LogP contribution in [0.4, 0.5) is 0 Å². The van der Waals surface area contributed by atoms with Gasteiger partial charge in [-0.1, -0.05) is 0 Å². The van der Waals surface area contributed by atoms with E-state index in [1.165, 1.54) is 14.0 Å². The molecule has 2 rings (SSSR count). The quantitative estimate of drug-likeness (QED) is 0.681. The van der Waals surface area contributed by atoms with E-state index in [4.69, 9.17) is 9.15 Å². The first-order valence-corrected chi connectivity index (χ1v) is 4.16. The summed E-state index contributed by atoms with van der Waals surface area (Å²) in [6, 6.07) is 5.10. The Hall–Kier alpha value is -1.84. The molecule has 0 radical (unpaired) electrons. The van der Waals surface area contributed by atoms with Gasteiger partial charge in [0.1, 0.15) is 5.52 Å². The van der Waals surface area contributed by atoms with Gasteiger partial charge >= 0.3 is 6.08 Å². The molecule has 0 atom stereocenters. The van der Waals surface area contributed by atoms with Crippen molar-refractivity contribution in [3.8, 4) is 6.08 Å². The predicted octanol–water partition coefficient (Wildman–Crippen LogP) is 2.04. The molecule has 0 aliphatic carbocycles. The number of oxazole rings is 1. The number of fused-ring (bicyclic) bond motifs is 1. The van der Waals surface area contributed by atoms with Crippen LogP contribution in [-0.4, -0.2) is 17.9 Å². The second kappa shape index (κ2) is 3.14. The van der Waals surface area contributed by atoms with Gasteiger partial charge in [0.15, 0.2) is 11.4 Å². The smallest absolute Gasteiger partial charge is 0.394 e. The van der Waals surface area contributed by atoms with E-state index in [0.29, 0.717) is 16.7 Å². The first-order chi connectivity index (χ1) is 6.70. The van der Waals surface area contributed by atoms with E-state index in [2.05, 4.69) is 4.98 Å². The van der Waals surface area contributed by atoms with Crippen molar-refractivity contribution in [3.05, 3.63) is 23.8 Å². The van der Waals surface area contributed by atoms with Gasteiger partial charge in [0, 0.05) is 5.56 Å². The average molecular weight is 191 g/mol. The zero-order chi connectivity index (χ0) is 10.1. The number of methoxy groups -OCH3 is 1. The van der Waals surface area contributed by atoms with Gasteiger partial charge in [-0.25, -0.2) is 0 Å². The molecule has 1 aromatic carbocycles. The summed E-state index contributed by atoms with van der Waals surface area (Å²) in [6.45, 7) is 1.51. The number of rotatable bonds is 2. The van der Waals surface area contributed by atoms with Crippen LogP contribution in [0.25, 0.3) is 11.1 Å². The lowest BCUT2D eigenvalue weighted by Crippen LogP contribution is -1.90. The van der Waals surface area contributed by atoms with Gasteiger partial charge in [-0.15, -0.1) is 0 Å². The van der Waals surface area contributed by atoms with E-state index in [1.807, 2.05) is 0 Å². The highest BCUT2D eigenvalue weighted by molar-refractivity contribution is 5.96. The number of nitrogens with zero attached hydrogens (tertiary/aromatic N) is 1. The largest absolute Gasteiger partial charge is 0.453 e. The van der Waals surface area contributed by atoms with Gasteiger partial charge in [-0.3, -0.25) is 4.79 Å². The zero-order valence-electron chi connectivity index (χ0n) is 7.90. The fourth-order valence-corrected chi connectivity index (χ4v) is 1.21. The summed E-state index contributed by atoms with van der Waals surface area (Å²) in [6.07, 6.45) is 0.209. The highest BCUT2D eigenvalue weighted by Crippen LogP contribution is 2.21. The van der Waals surface area contributed by atoms with Crippen molar-refractivity contribution in [2.75, 3.05) is 7.11 Å². The molecule has 0 aliphatic heterocycles. The minimum Gasteiger partial charge on any atom is -0.453 e. The molecule has 0 saturated heterocycles. The van der Waals surface area contributed by atoms with Crippen LogP contribution in [0, 0.1) is 0 Å². The summed E-state index contributed by atoms with van der Waals surface area (Å²) in [5, 5.41) is 0. The number of benzene rings is 1. The van der Waals surface area contributed by atoms with E-state index >= 15 is 0 Å². The molecule has 0 spiro atoms. The number of carbonyl (C=O) groups is 1. The first-order valence-electron chi connectivity index (χ1n) is 4.16. The molecular formula is C10H9NO3. The highest BCUT2D eigenvalue weighted by atomic mass is 16.6. The SMILES string of the molecule is COc1nc2cc(C(C)=O)ccc2o1. The van der Waals surface area contributed by atoms with Gasteiger partial charge in [-0.05, 0) is 25.1 Å². The maximum Gasteiger partial charge on any atom is 0.394 e. The molecule has 72 valence electrons. The third-order valence-electron chi connectivity index (χ3n) is 1.95. The monoisotopic (exact) mass is 191 g/mol. The second-order valence-electron chi connectivity index (χ2n) is 2.92. The van der Waals surface area contributed by atoms with Gasteiger partial charge in [0.2, 0.25) is 0 Å². The summed E-state index contributed by atoms with van der Waals surface area (Å²) >= 11 is 0. The highest BCUT2D eigenvalue weighted by Gasteiger charge is 2.07. The lowest BCUT2D eigenvalue weighted by molar-refractivity contribution is 0.101. The molecule has 4 heteroatoms. The number of hydrogen-bond donors (Lipinski definition) is 0.